The Morgan fingerprint density at radius 3 is 2.85 bits per heavy atom. The Balaban J connectivity index is 3.27. The summed E-state index contributed by atoms with van der Waals surface area (Å²) in [6.45, 7) is 0. The zero-order valence-electron chi connectivity index (χ0n) is 6.73. The molecule has 13 heavy (non-hydrogen) atoms. The van der Waals surface area contributed by atoms with Crippen LogP contribution in [-0.2, 0) is 6.42 Å². The van der Waals surface area contributed by atoms with Crippen LogP contribution in [0.1, 0.15) is 5.56 Å². The number of nitrogens with two attached hydrogens (primary N) is 1. The molecule has 66 valence electrons. The van der Waals surface area contributed by atoms with Crippen LogP contribution < -0.4 is 5.73 Å². The number of para-hydroxylation sites is 1. The zero-order valence-corrected chi connectivity index (χ0v) is 6.73. The van der Waals surface area contributed by atoms with Crippen molar-refractivity contribution < 1.29 is 4.92 Å². The molecule has 0 radical (unpaired) electrons. The molecular weight excluding hydrogens is 170 g/mol. The number of nitrogen functional groups attached to an aromatic ring is 1. The first kappa shape index (κ1) is 9.00. The summed E-state index contributed by atoms with van der Waals surface area (Å²) in [5.74, 6) is 0. The van der Waals surface area contributed by atoms with Gasteiger partial charge in [-0.2, -0.15) is 5.26 Å². The molecule has 2 N–H and O–H groups in total. The molecule has 5 nitrogen and oxygen atoms in total. The second-order valence-electron chi connectivity index (χ2n) is 2.45. The monoisotopic (exact) mass is 177 g/mol. The fraction of sp³-hybridized carbons (Fsp3) is 0.125. The molecule has 0 fully saturated rings. The van der Waals surface area contributed by atoms with Crippen LogP contribution in [0.3, 0.4) is 0 Å². The van der Waals surface area contributed by atoms with Gasteiger partial charge in [-0.3, -0.25) is 10.1 Å². The van der Waals surface area contributed by atoms with Gasteiger partial charge in [-0.15, -0.1) is 0 Å². The van der Waals surface area contributed by atoms with Crippen molar-refractivity contribution in [2.75, 3.05) is 5.73 Å². The lowest BCUT2D eigenvalue weighted by molar-refractivity contribution is -0.384. The number of anilines is 1. The lowest BCUT2D eigenvalue weighted by Gasteiger charge is -2.00. The van der Waals surface area contributed by atoms with E-state index in [2.05, 4.69) is 0 Å². The summed E-state index contributed by atoms with van der Waals surface area (Å²) in [5, 5.41) is 18.9. The topological polar surface area (TPSA) is 93.0 Å². The van der Waals surface area contributed by atoms with Crippen LogP contribution in [0.2, 0.25) is 0 Å². The molecule has 0 saturated carbocycles. The van der Waals surface area contributed by atoms with Crippen molar-refractivity contribution in [2.24, 2.45) is 0 Å². The van der Waals surface area contributed by atoms with E-state index in [-0.39, 0.29) is 17.8 Å². The lowest BCUT2D eigenvalue weighted by atomic mass is 10.1. The molecule has 0 bridgehead atoms. The molecule has 0 aliphatic carbocycles. The molecule has 1 rings (SSSR count). The minimum Gasteiger partial charge on any atom is -0.393 e. The van der Waals surface area contributed by atoms with Gasteiger partial charge in [0.05, 0.1) is 17.4 Å². The van der Waals surface area contributed by atoms with Crippen molar-refractivity contribution in [1.29, 1.82) is 5.26 Å². The van der Waals surface area contributed by atoms with E-state index in [0.29, 0.717) is 5.56 Å². The fourth-order valence-electron chi connectivity index (χ4n) is 1.06. The van der Waals surface area contributed by atoms with E-state index in [4.69, 9.17) is 11.0 Å². The average Bonchev–Trinajstić information content (AvgIpc) is 2.04. The molecule has 0 heterocycles. The SMILES string of the molecule is N#CCc1cccc(N)c1[N+](=O)[O-]. The Hall–Kier alpha value is -2.09. The van der Waals surface area contributed by atoms with Crippen molar-refractivity contribution in [3.63, 3.8) is 0 Å². The van der Waals surface area contributed by atoms with Crippen LogP contribution in [0, 0.1) is 21.4 Å². The third-order valence-electron chi connectivity index (χ3n) is 1.60. The molecule has 0 aromatic heterocycles. The molecule has 0 spiro atoms. The predicted molar refractivity (Wildman–Crippen MR) is 46.8 cm³/mol. The van der Waals surface area contributed by atoms with E-state index in [1.54, 1.807) is 6.07 Å². The van der Waals surface area contributed by atoms with Gasteiger partial charge < -0.3 is 5.73 Å². The van der Waals surface area contributed by atoms with Gasteiger partial charge in [-0.25, -0.2) is 0 Å². The van der Waals surface area contributed by atoms with Crippen molar-refractivity contribution in [2.45, 2.75) is 6.42 Å². The Labute approximate surface area is 74.5 Å². The molecule has 1 aromatic carbocycles. The van der Waals surface area contributed by atoms with Crippen LogP contribution in [-0.4, -0.2) is 4.92 Å². The number of nitro benzene ring substituents is 1. The van der Waals surface area contributed by atoms with Crippen molar-refractivity contribution >= 4 is 11.4 Å². The molecule has 5 heteroatoms. The maximum absolute atomic E-state index is 10.5. The second-order valence-corrected chi connectivity index (χ2v) is 2.45. The zero-order chi connectivity index (χ0) is 9.84. The number of nitriles is 1. The summed E-state index contributed by atoms with van der Waals surface area (Å²) in [6.07, 6.45) is 0.00134. The summed E-state index contributed by atoms with van der Waals surface area (Å²) in [4.78, 5) is 9.97. The van der Waals surface area contributed by atoms with Gasteiger partial charge in [0.15, 0.2) is 0 Å². The Morgan fingerprint density at radius 2 is 2.31 bits per heavy atom. The molecule has 0 amide bonds. The van der Waals surface area contributed by atoms with Crippen molar-refractivity contribution in [3.8, 4) is 6.07 Å². The minimum absolute atomic E-state index is 0.00134. The van der Waals surface area contributed by atoms with Crippen LogP contribution in [0.25, 0.3) is 0 Å². The minimum atomic E-state index is -0.567. The van der Waals surface area contributed by atoms with E-state index in [1.807, 2.05) is 6.07 Å². The quantitative estimate of drug-likeness (QED) is 0.417. The highest BCUT2D eigenvalue weighted by molar-refractivity contribution is 5.62. The predicted octanol–water partition coefficient (Wildman–Crippen LogP) is 1.24. The number of hydrogen-bond donors (Lipinski definition) is 1. The van der Waals surface area contributed by atoms with Crippen LogP contribution in [0.4, 0.5) is 11.4 Å². The number of rotatable bonds is 2. The Kier molecular flexibility index (Phi) is 2.45. The summed E-state index contributed by atoms with van der Waals surface area (Å²) in [5.41, 5.74) is 5.69. The molecule has 0 aliphatic rings. The molecule has 0 saturated heterocycles. The van der Waals surface area contributed by atoms with E-state index in [0.717, 1.165) is 0 Å². The fourth-order valence-corrected chi connectivity index (χ4v) is 1.06. The highest BCUT2D eigenvalue weighted by Crippen LogP contribution is 2.25. The third kappa shape index (κ3) is 1.73. The molecule has 0 unspecified atom stereocenters. The van der Waals surface area contributed by atoms with E-state index in [9.17, 15) is 10.1 Å². The largest absolute Gasteiger partial charge is 0.393 e. The van der Waals surface area contributed by atoms with Crippen LogP contribution >= 0.6 is 0 Å². The van der Waals surface area contributed by atoms with Crippen molar-refractivity contribution in [1.82, 2.24) is 0 Å². The Bertz CT molecular complexity index is 381. The highest BCUT2D eigenvalue weighted by Gasteiger charge is 2.16. The van der Waals surface area contributed by atoms with Crippen LogP contribution in [0.15, 0.2) is 18.2 Å². The normalized spacial score (nSPS) is 9.15. The smallest absolute Gasteiger partial charge is 0.296 e. The molecule has 0 aliphatic heterocycles. The highest BCUT2D eigenvalue weighted by atomic mass is 16.6. The number of benzene rings is 1. The summed E-state index contributed by atoms with van der Waals surface area (Å²) in [7, 11) is 0. The Morgan fingerprint density at radius 1 is 1.62 bits per heavy atom. The maximum Gasteiger partial charge on any atom is 0.296 e. The van der Waals surface area contributed by atoms with Crippen LogP contribution in [0.5, 0.6) is 0 Å². The summed E-state index contributed by atoms with van der Waals surface area (Å²) in [6, 6.07) is 6.41. The first-order valence-corrected chi connectivity index (χ1v) is 3.55. The summed E-state index contributed by atoms with van der Waals surface area (Å²) < 4.78 is 0. The maximum atomic E-state index is 10.5. The first-order valence-electron chi connectivity index (χ1n) is 3.55. The molecule has 1 aromatic rings. The average molecular weight is 177 g/mol. The third-order valence-corrected chi connectivity index (χ3v) is 1.60. The van der Waals surface area contributed by atoms with Gasteiger partial charge in [0.1, 0.15) is 5.69 Å². The van der Waals surface area contributed by atoms with Gasteiger partial charge >= 0.3 is 0 Å². The number of hydrogen-bond acceptors (Lipinski definition) is 4. The van der Waals surface area contributed by atoms with Gasteiger partial charge in [-0.1, -0.05) is 12.1 Å². The van der Waals surface area contributed by atoms with Gasteiger partial charge in [0.25, 0.3) is 5.69 Å². The first-order chi connectivity index (χ1) is 6.16. The van der Waals surface area contributed by atoms with Gasteiger partial charge in [0, 0.05) is 5.56 Å². The molecular formula is C8H7N3O2. The van der Waals surface area contributed by atoms with Gasteiger partial charge in [-0.05, 0) is 6.07 Å². The molecule has 0 atom stereocenters. The standard InChI is InChI=1S/C8H7N3O2/c9-5-4-6-2-1-3-7(10)8(6)11(12)13/h1-3H,4,10H2. The summed E-state index contributed by atoms with van der Waals surface area (Å²) >= 11 is 0. The van der Waals surface area contributed by atoms with E-state index < -0.39 is 4.92 Å². The van der Waals surface area contributed by atoms with E-state index >= 15 is 0 Å². The lowest BCUT2D eigenvalue weighted by Crippen LogP contribution is -1.99. The second kappa shape index (κ2) is 3.54. The van der Waals surface area contributed by atoms with Crippen molar-refractivity contribution in [3.05, 3.63) is 33.9 Å². The number of nitro groups is 1. The van der Waals surface area contributed by atoms with Gasteiger partial charge in [0.2, 0.25) is 0 Å². The number of nitrogens with zero attached hydrogens (tertiary/aromatic N) is 2. The van der Waals surface area contributed by atoms with E-state index in [1.165, 1.54) is 12.1 Å².